The van der Waals surface area contributed by atoms with Crippen molar-refractivity contribution in [3.8, 4) is 16.9 Å². The van der Waals surface area contributed by atoms with E-state index in [1.165, 1.54) is 6.39 Å². The van der Waals surface area contributed by atoms with E-state index in [0.29, 0.717) is 35.1 Å². The quantitative estimate of drug-likeness (QED) is 0.484. The molecule has 0 saturated carbocycles. The van der Waals surface area contributed by atoms with Gasteiger partial charge in [0.05, 0.1) is 11.3 Å². The summed E-state index contributed by atoms with van der Waals surface area (Å²) >= 11 is 6.02. The highest BCUT2D eigenvalue weighted by molar-refractivity contribution is 6.30. The number of nitrogens with zero attached hydrogens (tertiary/aromatic N) is 5. The minimum atomic E-state index is -0.138. The zero-order valence-electron chi connectivity index (χ0n) is 15.7. The molecule has 0 saturated heterocycles. The summed E-state index contributed by atoms with van der Waals surface area (Å²) in [4.78, 5) is 18.8. The van der Waals surface area contributed by atoms with Crippen molar-refractivity contribution in [3.05, 3.63) is 83.6 Å². The summed E-state index contributed by atoms with van der Waals surface area (Å²) in [6.45, 7) is 0.453. The van der Waals surface area contributed by atoms with E-state index in [0.717, 1.165) is 11.3 Å². The van der Waals surface area contributed by atoms with Crippen molar-refractivity contribution in [3.63, 3.8) is 0 Å². The topological polar surface area (TPSA) is 77.0 Å². The Bertz CT molecular complexity index is 1090. The van der Waals surface area contributed by atoms with Crippen molar-refractivity contribution >= 4 is 17.5 Å². The van der Waals surface area contributed by atoms with Crippen LogP contribution >= 0.6 is 11.6 Å². The van der Waals surface area contributed by atoms with E-state index in [9.17, 15) is 4.79 Å². The van der Waals surface area contributed by atoms with E-state index in [2.05, 4.69) is 15.2 Å². The maximum atomic E-state index is 13.2. The minimum absolute atomic E-state index is 0.138. The van der Waals surface area contributed by atoms with Crippen LogP contribution in [0.2, 0.25) is 5.02 Å². The van der Waals surface area contributed by atoms with E-state index in [4.69, 9.17) is 16.1 Å². The monoisotopic (exact) mass is 407 g/mol. The predicted octanol–water partition coefficient (Wildman–Crippen LogP) is 3.89. The van der Waals surface area contributed by atoms with Crippen molar-refractivity contribution in [1.82, 2.24) is 24.8 Å². The molecular formula is C21H18ClN5O2. The molecule has 2 aromatic carbocycles. The Morgan fingerprint density at radius 1 is 1.14 bits per heavy atom. The molecule has 0 N–H and O–H groups in total. The Balaban J connectivity index is 1.67. The summed E-state index contributed by atoms with van der Waals surface area (Å²) in [6.07, 6.45) is 3.54. The highest BCUT2D eigenvalue weighted by Gasteiger charge is 2.22. The number of carbonyl (C=O) groups is 1. The summed E-state index contributed by atoms with van der Waals surface area (Å²) < 4.78 is 6.45. The number of amides is 1. The van der Waals surface area contributed by atoms with E-state index >= 15 is 0 Å². The molecule has 0 unspecified atom stereocenters. The first-order chi connectivity index (χ1) is 14.1. The summed E-state index contributed by atoms with van der Waals surface area (Å²) in [7, 11) is 1.74. The average molecular weight is 408 g/mol. The van der Waals surface area contributed by atoms with Gasteiger partial charge in [-0.15, -0.1) is 0 Å². The maximum Gasteiger partial charge on any atom is 0.257 e. The standard InChI is InChI=1S/C21H18ClN5O2/c1-26(12-11-19-23-14-29-25-19)21(28)18-13-27(17-5-3-2-4-6-17)24-20(18)15-7-9-16(22)10-8-15/h2-10,13-14H,11-12H2,1H3. The molecule has 0 aliphatic heterocycles. The zero-order valence-corrected chi connectivity index (χ0v) is 16.5. The minimum Gasteiger partial charge on any atom is -0.343 e. The second kappa shape index (κ2) is 8.28. The van der Waals surface area contributed by atoms with Gasteiger partial charge in [-0.05, 0) is 24.3 Å². The Hall–Kier alpha value is -3.45. The van der Waals surface area contributed by atoms with Crippen molar-refractivity contribution in [2.75, 3.05) is 13.6 Å². The van der Waals surface area contributed by atoms with E-state index in [1.54, 1.807) is 35.0 Å². The van der Waals surface area contributed by atoms with Gasteiger partial charge in [0.1, 0.15) is 5.69 Å². The molecule has 0 radical (unpaired) electrons. The Morgan fingerprint density at radius 2 is 1.90 bits per heavy atom. The van der Waals surface area contributed by atoms with E-state index in [1.807, 2.05) is 42.5 Å². The average Bonchev–Trinajstić information content (AvgIpc) is 3.43. The first-order valence-electron chi connectivity index (χ1n) is 9.03. The fourth-order valence-electron chi connectivity index (χ4n) is 2.94. The second-order valence-electron chi connectivity index (χ2n) is 6.50. The van der Waals surface area contributed by atoms with Gasteiger partial charge in [0.25, 0.3) is 5.91 Å². The van der Waals surface area contributed by atoms with E-state index < -0.39 is 0 Å². The highest BCUT2D eigenvalue weighted by Crippen LogP contribution is 2.26. The van der Waals surface area contributed by atoms with Crippen LogP contribution < -0.4 is 0 Å². The van der Waals surface area contributed by atoms with Gasteiger partial charge in [-0.3, -0.25) is 4.79 Å². The number of hydrogen-bond donors (Lipinski definition) is 0. The molecule has 4 rings (SSSR count). The first kappa shape index (κ1) is 18.9. The van der Waals surface area contributed by atoms with Crippen LogP contribution in [0.15, 0.2) is 71.7 Å². The van der Waals surface area contributed by atoms with Crippen molar-refractivity contribution in [2.45, 2.75) is 6.42 Å². The normalized spacial score (nSPS) is 10.8. The third kappa shape index (κ3) is 4.20. The van der Waals surface area contributed by atoms with Gasteiger partial charge in [0.15, 0.2) is 5.82 Å². The number of para-hydroxylation sites is 1. The number of likely N-dealkylation sites (N-methyl/N-ethyl adjacent to an activating group) is 1. The second-order valence-corrected chi connectivity index (χ2v) is 6.94. The van der Waals surface area contributed by atoms with Crippen molar-refractivity contribution in [2.24, 2.45) is 0 Å². The summed E-state index contributed by atoms with van der Waals surface area (Å²) in [6, 6.07) is 16.9. The number of carbonyl (C=O) groups excluding carboxylic acids is 1. The molecular weight excluding hydrogens is 390 g/mol. The molecule has 0 atom stereocenters. The number of hydrogen-bond acceptors (Lipinski definition) is 5. The molecule has 0 spiro atoms. The van der Waals surface area contributed by atoms with Crippen LogP contribution in [-0.4, -0.2) is 44.3 Å². The molecule has 0 aliphatic carbocycles. The Morgan fingerprint density at radius 3 is 2.59 bits per heavy atom. The van der Waals surface area contributed by atoms with Crippen LogP contribution in [0.1, 0.15) is 16.2 Å². The predicted molar refractivity (Wildman–Crippen MR) is 109 cm³/mol. The lowest BCUT2D eigenvalue weighted by Gasteiger charge is -2.16. The molecule has 8 heteroatoms. The number of rotatable bonds is 6. The Labute approximate surface area is 172 Å². The molecule has 0 fully saturated rings. The SMILES string of the molecule is CN(CCc1ncon1)C(=O)c1cn(-c2ccccc2)nc1-c1ccc(Cl)cc1. The van der Waals surface area contributed by atoms with Crippen LogP contribution in [0.5, 0.6) is 0 Å². The number of aromatic nitrogens is 4. The van der Waals surface area contributed by atoms with Gasteiger partial charge in [-0.2, -0.15) is 10.1 Å². The smallest absolute Gasteiger partial charge is 0.257 e. The third-order valence-corrected chi connectivity index (χ3v) is 4.76. The summed E-state index contributed by atoms with van der Waals surface area (Å²) in [5.41, 5.74) is 2.80. The first-order valence-corrected chi connectivity index (χ1v) is 9.41. The zero-order chi connectivity index (χ0) is 20.2. The fraction of sp³-hybridized carbons (Fsp3) is 0.143. The Kier molecular flexibility index (Phi) is 5.39. The molecule has 0 bridgehead atoms. The summed E-state index contributed by atoms with van der Waals surface area (Å²) in [5, 5.41) is 9.09. The fourth-order valence-corrected chi connectivity index (χ4v) is 3.07. The largest absolute Gasteiger partial charge is 0.343 e. The van der Waals surface area contributed by atoms with Crippen LogP contribution in [0, 0.1) is 0 Å². The molecule has 7 nitrogen and oxygen atoms in total. The highest BCUT2D eigenvalue weighted by atomic mass is 35.5. The van der Waals surface area contributed by atoms with Crippen LogP contribution in [0.25, 0.3) is 16.9 Å². The lowest BCUT2D eigenvalue weighted by molar-refractivity contribution is 0.0796. The van der Waals surface area contributed by atoms with Gasteiger partial charge in [-0.25, -0.2) is 4.68 Å². The lowest BCUT2D eigenvalue weighted by atomic mass is 10.1. The van der Waals surface area contributed by atoms with Gasteiger partial charge >= 0.3 is 0 Å². The van der Waals surface area contributed by atoms with Crippen LogP contribution in [0.3, 0.4) is 0 Å². The van der Waals surface area contributed by atoms with Gasteiger partial charge in [0.2, 0.25) is 6.39 Å². The molecule has 2 heterocycles. The lowest BCUT2D eigenvalue weighted by Crippen LogP contribution is -2.29. The van der Waals surface area contributed by atoms with Gasteiger partial charge < -0.3 is 9.42 Å². The van der Waals surface area contributed by atoms with Crippen molar-refractivity contribution < 1.29 is 9.32 Å². The van der Waals surface area contributed by atoms with Gasteiger partial charge in [0, 0.05) is 36.8 Å². The molecule has 146 valence electrons. The third-order valence-electron chi connectivity index (χ3n) is 4.51. The van der Waals surface area contributed by atoms with Crippen LogP contribution in [-0.2, 0) is 6.42 Å². The number of halogens is 1. The maximum absolute atomic E-state index is 13.2. The van der Waals surface area contributed by atoms with Crippen LogP contribution in [0.4, 0.5) is 0 Å². The van der Waals surface area contributed by atoms with Gasteiger partial charge in [-0.1, -0.05) is 47.1 Å². The molecule has 0 aliphatic rings. The van der Waals surface area contributed by atoms with Crippen molar-refractivity contribution in [1.29, 1.82) is 0 Å². The summed E-state index contributed by atoms with van der Waals surface area (Å²) in [5.74, 6) is 0.420. The molecule has 29 heavy (non-hydrogen) atoms. The number of benzene rings is 2. The molecule has 4 aromatic rings. The molecule has 1 amide bonds. The van der Waals surface area contributed by atoms with E-state index in [-0.39, 0.29) is 5.91 Å². The molecule has 2 aromatic heterocycles.